The number of nitrogens with one attached hydrogen (secondary N) is 2. The lowest BCUT2D eigenvalue weighted by Gasteiger charge is -2.71. The molecule has 0 spiro atoms. The van der Waals surface area contributed by atoms with E-state index in [0.717, 1.165) is 56.1 Å². The van der Waals surface area contributed by atoms with Gasteiger partial charge in [-0.15, -0.1) is 0 Å². The molecule has 2 amide bonds. The predicted octanol–water partition coefficient (Wildman–Crippen LogP) is 8.21. The minimum Gasteiger partial charge on any atom is -0.481 e. The molecule has 56 heavy (non-hydrogen) atoms. The maximum absolute atomic E-state index is 14.3. The summed E-state index contributed by atoms with van der Waals surface area (Å²) in [6.45, 7) is 22.9. The maximum atomic E-state index is 14.3. The number of carboxylic acids is 1. The number of Topliss-reactive ketones (excluding diaryl/α,β-unsaturated/α-hetero) is 1. The molecule has 1 aromatic rings. The standard InChI is InChI=1S/C46H66N2O8/c1-24(2)35-32(49)23-46(48-40(54)42(7,8)47-37(50)27-16-21-55-26(27)4)20-19-44(10)29(36(35)46)12-13-34-43(9)17-15-33(25(3)28(43)14-18-45(34,44)11)56-39(53)31-22-30(38(51)52)41(31,5)6/h16,21,24-25,28-31,33-34H,12-15,17-20,22-23H2,1-11H3,(H,47,50)(H,48,54)(H,51,52)/t25-,28?,29-,30+,31-,33+,34?,43+,44-,45-,46-/m1/s1. The summed E-state index contributed by atoms with van der Waals surface area (Å²) in [4.78, 5) is 66.8. The largest absolute Gasteiger partial charge is 0.481 e. The second-order valence-electron chi connectivity index (χ2n) is 21.1. The van der Waals surface area contributed by atoms with E-state index in [2.05, 4.69) is 52.2 Å². The monoisotopic (exact) mass is 774 g/mol. The van der Waals surface area contributed by atoms with Crippen LogP contribution < -0.4 is 10.6 Å². The number of aliphatic carboxylic acids is 1. The molecule has 10 heteroatoms. The summed E-state index contributed by atoms with van der Waals surface area (Å²) in [5, 5.41) is 16.0. The van der Waals surface area contributed by atoms with Crippen molar-refractivity contribution < 1.29 is 38.2 Å². The zero-order valence-electron chi connectivity index (χ0n) is 35.6. The molecule has 7 rings (SSSR count). The fourth-order valence-corrected chi connectivity index (χ4v) is 13.9. The van der Waals surface area contributed by atoms with Crippen LogP contribution >= 0.6 is 0 Å². The van der Waals surface area contributed by atoms with Gasteiger partial charge in [0.2, 0.25) is 5.91 Å². The average Bonchev–Trinajstić information content (AvgIpc) is 3.65. The van der Waals surface area contributed by atoms with Crippen LogP contribution in [0.2, 0.25) is 0 Å². The first-order valence-electron chi connectivity index (χ1n) is 21.4. The highest BCUT2D eigenvalue weighted by Gasteiger charge is 2.69. The van der Waals surface area contributed by atoms with Crippen molar-refractivity contribution in [1.29, 1.82) is 0 Å². The van der Waals surface area contributed by atoms with Gasteiger partial charge in [-0.25, -0.2) is 0 Å². The minimum absolute atomic E-state index is 0.00120. The average molecular weight is 775 g/mol. The molecule has 0 radical (unpaired) electrons. The first-order valence-corrected chi connectivity index (χ1v) is 21.4. The first-order chi connectivity index (χ1) is 25.9. The fourth-order valence-electron chi connectivity index (χ4n) is 13.9. The number of allylic oxidation sites excluding steroid dienone is 1. The van der Waals surface area contributed by atoms with Crippen LogP contribution in [0, 0.1) is 70.0 Å². The van der Waals surface area contributed by atoms with E-state index in [1.807, 2.05) is 13.8 Å². The number of esters is 1. The van der Waals surface area contributed by atoms with Gasteiger partial charge in [-0.3, -0.25) is 24.0 Å². The third-order valence-electron chi connectivity index (χ3n) is 17.5. The summed E-state index contributed by atoms with van der Waals surface area (Å²) >= 11 is 0. The Balaban J connectivity index is 1.12. The van der Waals surface area contributed by atoms with Gasteiger partial charge in [0.25, 0.3) is 5.91 Å². The van der Waals surface area contributed by atoms with E-state index in [4.69, 9.17) is 9.15 Å². The molecule has 1 heterocycles. The molecule has 0 aliphatic heterocycles. The van der Waals surface area contributed by atoms with Crippen molar-refractivity contribution >= 4 is 29.5 Å². The molecule has 6 aliphatic carbocycles. The third kappa shape index (κ3) is 5.78. The Bertz CT molecular complexity index is 1870. The summed E-state index contributed by atoms with van der Waals surface area (Å²) in [6, 6.07) is 1.60. The Morgan fingerprint density at radius 1 is 0.946 bits per heavy atom. The van der Waals surface area contributed by atoms with Crippen LogP contribution in [0.4, 0.5) is 0 Å². The van der Waals surface area contributed by atoms with Crippen LogP contribution in [0.5, 0.6) is 0 Å². The molecular weight excluding hydrogens is 709 g/mol. The second kappa shape index (κ2) is 13.3. The number of ether oxygens (including phenoxy) is 1. The van der Waals surface area contributed by atoms with Gasteiger partial charge < -0.3 is 24.9 Å². The normalized spacial score (nSPS) is 40.1. The van der Waals surface area contributed by atoms with Gasteiger partial charge in [-0.1, -0.05) is 55.4 Å². The molecule has 0 bridgehead atoms. The van der Waals surface area contributed by atoms with Crippen molar-refractivity contribution in [2.24, 2.45) is 63.1 Å². The molecule has 6 aliphatic rings. The van der Waals surface area contributed by atoms with Crippen LogP contribution in [0.3, 0.4) is 0 Å². The molecule has 0 aromatic carbocycles. The van der Waals surface area contributed by atoms with Gasteiger partial charge >= 0.3 is 11.9 Å². The highest BCUT2D eigenvalue weighted by atomic mass is 16.5. The molecule has 0 saturated heterocycles. The summed E-state index contributed by atoms with van der Waals surface area (Å²) in [6.07, 6.45) is 9.31. The lowest BCUT2D eigenvalue weighted by Crippen LogP contribution is -2.67. The van der Waals surface area contributed by atoms with E-state index >= 15 is 0 Å². The molecule has 2 unspecified atom stereocenters. The molecule has 11 atom stereocenters. The van der Waals surface area contributed by atoms with Gasteiger partial charge in [0.1, 0.15) is 17.4 Å². The van der Waals surface area contributed by atoms with E-state index in [-0.39, 0.29) is 76.0 Å². The number of carboxylic acid groups (broad SMARTS) is 1. The van der Waals surface area contributed by atoms with Gasteiger partial charge in [0.05, 0.1) is 29.2 Å². The number of furan rings is 1. The van der Waals surface area contributed by atoms with E-state index in [0.29, 0.717) is 36.0 Å². The number of carbonyl (C=O) groups is 5. The summed E-state index contributed by atoms with van der Waals surface area (Å²) in [5.74, 6) is -0.828. The Hall–Kier alpha value is -3.43. The van der Waals surface area contributed by atoms with E-state index in [1.165, 1.54) is 6.26 Å². The lowest BCUT2D eigenvalue weighted by molar-refractivity contribution is -0.217. The van der Waals surface area contributed by atoms with Crippen LogP contribution in [-0.4, -0.2) is 51.8 Å². The number of carbonyl (C=O) groups excluding carboxylic acids is 4. The van der Waals surface area contributed by atoms with E-state index < -0.39 is 28.4 Å². The number of ketones is 1. The third-order valence-corrected chi connectivity index (χ3v) is 17.5. The number of fused-ring (bicyclic) bond motifs is 7. The molecule has 3 N–H and O–H groups in total. The number of rotatable bonds is 8. The molecule has 5 fully saturated rings. The van der Waals surface area contributed by atoms with Gasteiger partial charge in [-0.05, 0) is 147 Å². The highest BCUT2D eigenvalue weighted by Crippen LogP contribution is 2.75. The quantitative estimate of drug-likeness (QED) is 0.224. The molecular formula is C46H66N2O8. The van der Waals surface area contributed by atoms with Gasteiger partial charge in [0.15, 0.2) is 5.78 Å². The molecule has 1 aromatic heterocycles. The van der Waals surface area contributed by atoms with Crippen LogP contribution in [0.15, 0.2) is 27.9 Å². The smallest absolute Gasteiger partial charge is 0.309 e. The van der Waals surface area contributed by atoms with Crippen molar-refractivity contribution in [3.63, 3.8) is 0 Å². The fraction of sp³-hybridized carbons (Fsp3) is 0.761. The van der Waals surface area contributed by atoms with Crippen molar-refractivity contribution in [2.45, 2.75) is 158 Å². The SMILES string of the molecule is Cc1occc1C(=O)NC(C)(C)C(=O)N[C@@]12CC[C@]3(C)[C@H](CCC4[C@@]5(C)CC[C@H](OC(=O)[C@H]6C[C@@H](C(=O)O)C6(C)C)[C@H](C)C5CC[C@]43C)C1=C(C(C)C)C(=O)C2. The second-order valence-corrected chi connectivity index (χ2v) is 21.1. The Kier molecular flexibility index (Phi) is 9.68. The Labute approximate surface area is 333 Å². The first kappa shape index (κ1) is 40.8. The number of amides is 2. The summed E-state index contributed by atoms with van der Waals surface area (Å²) in [5.41, 5.74) is -0.243. The zero-order chi connectivity index (χ0) is 41.1. The van der Waals surface area contributed by atoms with Gasteiger partial charge in [0, 0.05) is 6.42 Å². The van der Waals surface area contributed by atoms with Gasteiger partial charge in [-0.2, -0.15) is 0 Å². The van der Waals surface area contributed by atoms with Crippen molar-refractivity contribution in [1.82, 2.24) is 10.6 Å². The Morgan fingerprint density at radius 2 is 1.64 bits per heavy atom. The topological polar surface area (TPSA) is 152 Å². The maximum Gasteiger partial charge on any atom is 0.309 e. The predicted molar refractivity (Wildman–Crippen MR) is 211 cm³/mol. The number of hydrogen-bond acceptors (Lipinski definition) is 7. The van der Waals surface area contributed by atoms with Crippen LogP contribution in [-0.2, 0) is 23.9 Å². The molecule has 308 valence electrons. The van der Waals surface area contributed by atoms with Crippen LogP contribution in [0.1, 0.15) is 150 Å². The summed E-state index contributed by atoms with van der Waals surface area (Å²) < 4.78 is 11.6. The zero-order valence-corrected chi connectivity index (χ0v) is 35.6. The van der Waals surface area contributed by atoms with Crippen molar-refractivity contribution in [3.8, 4) is 0 Å². The number of aryl methyl sites for hydroxylation is 1. The molecule has 5 saturated carbocycles. The summed E-state index contributed by atoms with van der Waals surface area (Å²) in [7, 11) is 0. The van der Waals surface area contributed by atoms with E-state index in [1.54, 1.807) is 26.8 Å². The van der Waals surface area contributed by atoms with E-state index in [9.17, 15) is 29.1 Å². The minimum atomic E-state index is -1.24. The highest BCUT2D eigenvalue weighted by molar-refractivity contribution is 6.03. The van der Waals surface area contributed by atoms with Crippen LogP contribution in [0.25, 0.3) is 0 Å². The lowest BCUT2D eigenvalue weighted by atomic mass is 9.34. The number of hydrogen-bond donors (Lipinski definition) is 3. The Morgan fingerprint density at radius 3 is 2.25 bits per heavy atom. The molecule has 10 nitrogen and oxygen atoms in total. The van der Waals surface area contributed by atoms with Crippen molar-refractivity contribution in [2.75, 3.05) is 0 Å². The van der Waals surface area contributed by atoms with Crippen molar-refractivity contribution in [3.05, 3.63) is 34.8 Å².